The van der Waals surface area contributed by atoms with Gasteiger partial charge in [0.15, 0.2) is 11.5 Å². The Hall–Kier alpha value is -3.05. The van der Waals surface area contributed by atoms with Crippen LogP contribution in [-0.2, 0) is 11.3 Å². The van der Waals surface area contributed by atoms with Crippen LogP contribution in [0.15, 0.2) is 36.4 Å². The van der Waals surface area contributed by atoms with Crippen LogP contribution in [0.2, 0.25) is 0 Å². The van der Waals surface area contributed by atoms with Gasteiger partial charge in [0.05, 0.1) is 11.3 Å². The highest BCUT2D eigenvalue weighted by molar-refractivity contribution is 7.80. The molecule has 11 heteroatoms. The Morgan fingerprint density at radius 1 is 1.07 bits per heavy atom. The van der Waals surface area contributed by atoms with Crippen molar-refractivity contribution in [1.82, 2.24) is 15.1 Å². The van der Waals surface area contributed by atoms with Crippen molar-refractivity contribution >= 4 is 34.6 Å². The fourth-order valence-corrected chi connectivity index (χ4v) is 3.12. The van der Waals surface area contributed by atoms with Gasteiger partial charge in [-0.25, -0.2) is 4.79 Å². The molecule has 1 aromatic heterocycles. The van der Waals surface area contributed by atoms with Crippen LogP contribution < -0.4 is 9.62 Å². The van der Waals surface area contributed by atoms with E-state index in [2.05, 4.69) is 14.9 Å². The Kier molecular flexibility index (Phi) is 5.62. The van der Waals surface area contributed by atoms with E-state index in [1.807, 2.05) is 4.90 Å². The van der Waals surface area contributed by atoms with Crippen LogP contribution in [0, 0.1) is 0 Å². The van der Waals surface area contributed by atoms with Crippen molar-refractivity contribution < 1.29 is 23.5 Å². The number of benzene rings is 1. The van der Waals surface area contributed by atoms with Gasteiger partial charge in [0, 0.05) is 37.4 Å². The van der Waals surface area contributed by atoms with Gasteiger partial charge in [-0.3, -0.25) is 9.00 Å². The van der Waals surface area contributed by atoms with E-state index in [1.54, 1.807) is 29.2 Å². The first-order valence-electron chi connectivity index (χ1n) is 8.02. The second-order valence-corrected chi connectivity index (χ2v) is 6.42. The maximum absolute atomic E-state index is 12.7. The van der Waals surface area contributed by atoms with Gasteiger partial charge < -0.3 is 24.2 Å². The molecule has 0 saturated carbocycles. The standard InChI is InChI=1S/C16H17N5O5S/c22-15(11-3-1-2-4-12(11)19-27(25)26)21-9-7-20(8-10-21)14-6-5-13(16(23)24)17-18-14/h1-6,19H,7-10H2,(H,23,24)(H,25,26)/p-1. The molecule has 1 unspecified atom stereocenters. The van der Waals surface area contributed by atoms with E-state index in [9.17, 15) is 18.4 Å². The SMILES string of the molecule is O=C(O)c1ccc(N2CCN(C(=O)c3ccccc3NS(=O)[O-])CC2)nn1. The summed E-state index contributed by atoms with van der Waals surface area (Å²) in [6.07, 6.45) is 0. The molecule has 1 saturated heterocycles. The molecule has 2 heterocycles. The Bertz CT molecular complexity index is 868. The number of aromatic carboxylic acids is 1. The monoisotopic (exact) mass is 390 g/mol. The zero-order valence-electron chi connectivity index (χ0n) is 14.1. The third kappa shape index (κ3) is 4.38. The number of anilines is 2. The molecule has 1 aliphatic rings. The maximum Gasteiger partial charge on any atom is 0.356 e. The smallest absolute Gasteiger partial charge is 0.356 e. The minimum Gasteiger partial charge on any atom is -0.755 e. The van der Waals surface area contributed by atoms with Crippen molar-refractivity contribution in [3.8, 4) is 0 Å². The minimum absolute atomic E-state index is 0.132. The number of carboxylic acid groups (broad SMARTS) is 1. The van der Waals surface area contributed by atoms with E-state index in [-0.39, 0.29) is 22.9 Å². The number of hydrogen-bond donors (Lipinski definition) is 2. The predicted octanol–water partition coefficient (Wildman–Crippen LogP) is 0.343. The van der Waals surface area contributed by atoms with Gasteiger partial charge in [-0.05, 0) is 24.3 Å². The molecule has 0 spiro atoms. The summed E-state index contributed by atoms with van der Waals surface area (Å²) in [6.45, 7) is 1.82. The van der Waals surface area contributed by atoms with Crippen LogP contribution in [-0.4, -0.2) is 67.0 Å². The molecular formula is C16H16N5O5S-. The molecule has 3 rings (SSSR count). The number of aromatic nitrogens is 2. The summed E-state index contributed by atoms with van der Waals surface area (Å²) in [7, 11) is 0. The lowest BCUT2D eigenvalue weighted by atomic mass is 10.1. The lowest BCUT2D eigenvalue weighted by Gasteiger charge is -2.35. The predicted molar refractivity (Wildman–Crippen MR) is 96.1 cm³/mol. The molecule has 10 nitrogen and oxygen atoms in total. The van der Waals surface area contributed by atoms with Crippen LogP contribution >= 0.6 is 0 Å². The van der Waals surface area contributed by atoms with Gasteiger partial charge in [0.1, 0.15) is 0 Å². The largest absolute Gasteiger partial charge is 0.755 e. The van der Waals surface area contributed by atoms with E-state index in [0.29, 0.717) is 32.0 Å². The third-order valence-corrected chi connectivity index (χ3v) is 4.50. The molecule has 0 aliphatic carbocycles. The highest BCUT2D eigenvalue weighted by Gasteiger charge is 2.24. The summed E-state index contributed by atoms with van der Waals surface area (Å²) in [6, 6.07) is 9.37. The molecule has 142 valence electrons. The minimum atomic E-state index is -2.52. The van der Waals surface area contributed by atoms with Crippen LogP contribution in [0.1, 0.15) is 20.8 Å². The van der Waals surface area contributed by atoms with Crippen LogP contribution in [0.3, 0.4) is 0 Å². The number of carbonyl (C=O) groups is 2. The summed E-state index contributed by atoms with van der Waals surface area (Å²) < 4.78 is 24.0. The van der Waals surface area contributed by atoms with E-state index < -0.39 is 17.2 Å². The van der Waals surface area contributed by atoms with E-state index in [4.69, 9.17) is 5.11 Å². The summed E-state index contributed by atoms with van der Waals surface area (Å²) in [4.78, 5) is 27.1. The molecule has 1 aromatic carbocycles. The fourth-order valence-electron chi connectivity index (χ4n) is 2.77. The number of para-hydroxylation sites is 1. The average Bonchev–Trinajstić information content (AvgIpc) is 2.68. The highest BCUT2D eigenvalue weighted by Crippen LogP contribution is 2.20. The van der Waals surface area contributed by atoms with E-state index in [0.717, 1.165) is 0 Å². The summed E-state index contributed by atoms with van der Waals surface area (Å²) in [5.41, 5.74) is 0.376. The average molecular weight is 390 g/mol. The fraction of sp³-hybridized carbons (Fsp3) is 0.250. The second kappa shape index (κ2) is 8.10. The molecule has 1 amide bonds. The lowest BCUT2D eigenvalue weighted by Crippen LogP contribution is -2.49. The van der Waals surface area contributed by atoms with Gasteiger partial charge in [-0.2, -0.15) is 0 Å². The van der Waals surface area contributed by atoms with Gasteiger partial charge in [0.25, 0.3) is 5.91 Å². The van der Waals surface area contributed by atoms with Crippen LogP contribution in [0.5, 0.6) is 0 Å². The molecule has 2 aromatic rings. The van der Waals surface area contributed by atoms with E-state index >= 15 is 0 Å². The van der Waals surface area contributed by atoms with Gasteiger partial charge in [-0.1, -0.05) is 12.1 Å². The van der Waals surface area contributed by atoms with Gasteiger partial charge in [-0.15, -0.1) is 10.2 Å². The quantitative estimate of drug-likeness (QED) is 0.697. The molecule has 0 radical (unpaired) electrons. The lowest BCUT2D eigenvalue weighted by molar-refractivity contribution is 0.0687. The van der Waals surface area contributed by atoms with Crippen LogP contribution in [0.4, 0.5) is 11.5 Å². The molecular weight excluding hydrogens is 374 g/mol. The molecule has 0 bridgehead atoms. The van der Waals surface area contributed by atoms with Crippen LogP contribution in [0.25, 0.3) is 0 Å². The summed E-state index contributed by atoms with van der Waals surface area (Å²) in [5.74, 6) is -0.873. The maximum atomic E-state index is 12.7. The van der Waals surface area contributed by atoms with Gasteiger partial charge in [0.2, 0.25) is 0 Å². The Morgan fingerprint density at radius 2 is 1.78 bits per heavy atom. The first-order chi connectivity index (χ1) is 13.0. The van der Waals surface area contributed by atoms with Crippen molar-refractivity contribution in [2.75, 3.05) is 35.8 Å². The summed E-state index contributed by atoms with van der Waals surface area (Å²) >= 11 is -2.52. The Balaban J connectivity index is 1.66. The highest BCUT2D eigenvalue weighted by atomic mass is 32.2. The van der Waals surface area contributed by atoms with Crippen molar-refractivity contribution in [2.24, 2.45) is 0 Å². The number of nitrogens with zero attached hydrogens (tertiary/aromatic N) is 4. The number of carbonyl (C=O) groups excluding carboxylic acids is 1. The molecule has 1 fully saturated rings. The number of carboxylic acids is 1. The summed E-state index contributed by atoms with van der Waals surface area (Å²) in [5, 5.41) is 16.4. The number of piperazine rings is 1. The molecule has 1 atom stereocenters. The van der Waals surface area contributed by atoms with Gasteiger partial charge >= 0.3 is 5.97 Å². The van der Waals surface area contributed by atoms with Crippen molar-refractivity contribution in [2.45, 2.75) is 0 Å². The first-order valence-corrected chi connectivity index (χ1v) is 9.09. The Labute approximate surface area is 157 Å². The van der Waals surface area contributed by atoms with Crippen molar-refractivity contribution in [3.63, 3.8) is 0 Å². The molecule has 1 aliphatic heterocycles. The zero-order chi connectivity index (χ0) is 19.4. The number of nitrogens with one attached hydrogen (secondary N) is 1. The third-order valence-electron chi connectivity index (χ3n) is 4.11. The Morgan fingerprint density at radius 3 is 2.37 bits per heavy atom. The number of amides is 1. The molecule has 2 N–H and O–H groups in total. The second-order valence-electron chi connectivity index (χ2n) is 5.74. The first kappa shape index (κ1) is 18.7. The zero-order valence-corrected chi connectivity index (χ0v) is 14.9. The number of rotatable bonds is 5. The topological polar surface area (TPSA) is 139 Å². The van der Waals surface area contributed by atoms with E-state index in [1.165, 1.54) is 12.1 Å². The normalized spacial score (nSPS) is 15.3. The molecule has 27 heavy (non-hydrogen) atoms. The van der Waals surface area contributed by atoms with Crippen molar-refractivity contribution in [3.05, 3.63) is 47.7 Å². The number of hydrogen-bond acceptors (Lipinski definition) is 7. The van der Waals surface area contributed by atoms with Crippen molar-refractivity contribution in [1.29, 1.82) is 0 Å².